The van der Waals surface area contributed by atoms with Gasteiger partial charge in [0.25, 0.3) is 0 Å². The number of hydrogen-bond acceptors (Lipinski definition) is 5. The third kappa shape index (κ3) is 3.96. The highest BCUT2D eigenvalue weighted by Gasteiger charge is 2.54. The van der Waals surface area contributed by atoms with Crippen molar-refractivity contribution in [2.24, 2.45) is 0 Å². The number of methoxy groups -OCH3 is 2. The number of carboxylic acids is 1. The Bertz CT molecular complexity index is 620. The standard InChI is InChI=1S/C17H24BBrO6/c1-16(2)17(3,4)25-18(24-16)11(9-14(20)21)10-7-12(22-5)15(19)13(8-10)23-6/h7-8,11H,9H2,1-6H3,(H,20,21). The second-order valence-corrected chi connectivity index (χ2v) is 7.86. The molecular weight excluding hydrogens is 391 g/mol. The molecule has 1 saturated heterocycles. The molecule has 1 unspecified atom stereocenters. The van der Waals surface area contributed by atoms with Crippen LogP contribution in [0.2, 0.25) is 0 Å². The first-order valence-electron chi connectivity index (χ1n) is 8.01. The third-order valence-corrected chi connectivity index (χ3v) is 5.67. The maximum absolute atomic E-state index is 11.5. The van der Waals surface area contributed by atoms with Crippen LogP contribution in [0.1, 0.15) is 45.5 Å². The molecule has 1 N–H and O–H groups in total. The Labute approximate surface area is 157 Å². The summed E-state index contributed by atoms with van der Waals surface area (Å²) in [6.07, 6.45) is -0.134. The lowest BCUT2D eigenvalue weighted by Gasteiger charge is -2.32. The summed E-state index contributed by atoms with van der Waals surface area (Å²) in [5.41, 5.74) is -0.367. The maximum atomic E-state index is 11.5. The predicted molar refractivity (Wildman–Crippen MR) is 98.3 cm³/mol. The minimum Gasteiger partial charge on any atom is -0.495 e. The molecule has 1 aromatic rings. The van der Waals surface area contributed by atoms with E-state index < -0.39 is 30.1 Å². The van der Waals surface area contributed by atoms with Gasteiger partial charge in [0.1, 0.15) is 16.0 Å². The van der Waals surface area contributed by atoms with Gasteiger partial charge in [0, 0.05) is 5.82 Å². The first kappa shape index (κ1) is 20.1. The fourth-order valence-electron chi connectivity index (χ4n) is 2.72. The number of halogens is 1. The zero-order valence-electron chi connectivity index (χ0n) is 15.4. The first-order chi connectivity index (χ1) is 11.5. The SMILES string of the molecule is COc1cc(C(CC(=O)O)B2OC(C)(C)C(C)(C)O2)cc(OC)c1Br. The van der Waals surface area contributed by atoms with E-state index in [0.717, 1.165) is 5.56 Å². The maximum Gasteiger partial charge on any atom is 0.466 e. The largest absolute Gasteiger partial charge is 0.495 e. The molecule has 0 radical (unpaired) electrons. The lowest BCUT2D eigenvalue weighted by atomic mass is 9.66. The molecule has 1 aromatic carbocycles. The molecule has 2 rings (SSSR count). The molecule has 8 heteroatoms. The van der Waals surface area contributed by atoms with Crippen LogP contribution in [0.3, 0.4) is 0 Å². The monoisotopic (exact) mass is 414 g/mol. The van der Waals surface area contributed by atoms with Gasteiger partial charge in [0.2, 0.25) is 0 Å². The van der Waals surface area contributed by atoms with Crippen LogP contribution in [0.4, 0.5) is 0 Å². The lowest BCUT2D eigenvalue weighted by Crippen LogP contribution is -2.41. The van der Waals surface area contributed by atoms with Gasteiger partial charge < -0.3 is 23.9 Å². The molecule has 25 heavy (non-hydrogen) atoms. The summed E-state index contributed by atoms with van der Waals surface area (Å²) < 4.78 is 23.6. The summed E-state index contributed by atoms with van der Waals surface area (Å²) in [5.74, 6) is -0.322. The molecule has 1 atom stereocenters. The number of carbonyl (C=O) groups is 1. The number of aliphatic carboxylic acids is 1. The van der Waals surface area contributed by atoms with Crippen LogP contribution >= 0.6 is 15.9 Å². The van der Waals surface area contributed by atoms with E-state index in [2.05, 4.69) is 15.9 Å². The minimum absolute atomic E-state index is 0.134. The molecule has 0 aromatic heterocycles. The number of hydrogen-bond donors (Lipinski definition) is 1. The van der Waals surface area contributed by atoms with Crippen molar-refractivity contribution in [3.63, 3.8) is 0 Å². The van der Waals surface area contributed by atoms with Gasteiger partial charge in [-0.15, -0.1) is 0 Å². The number of benzene rings is 1. The molecule has 0 bridgehead atoms. The lowest BCUT2D eigenvalue weighted by molar-refractivity contribution is -0.137. The second kappa shape index (κ2) is 7.17. The van der Waals surface area contributed by atoms with Crippen molar-refractivity contribution in [3.05, 3.63) is 22.2 Å². The zero-order chi connectivity index (χ0) is 19.0. The Morgan fingerprint density at radius 2 is 1.60 bits per heavy atom. The second-order valence-electron chi connectivity index (χ2n) is 7.07. The van der Waals surface area contributed by atoms with Crippen LogP contribution in [-0.2, 0) is 14.1 Å². The zero-order valence-corrected chi connectivity index (χ0v) is 17.0. The molecule has 1 aliphatic heterocycles. The Morgan fingerprint density at radius 1 is 1.16 bits per heavy atom. The van der Waals surface area contributed by atoms with Crippen molar-refractivity contribution < 1.29 is 28.7 Å². The quantitative estimate of drug-likeness (QED) is 0.716. The van der Waals surface area contributed by atoms with E-state index in [1.165, 1.54) is 0 Å². The van der Waals surface area contributed by atoms with Gasteiger partial charge in [0.15, 0.2) is 0 Å². The smallest absolute Gasteiger partial charge is 0.466 e. The minimum atomic E-state index is -0.930. The number of rotatable bonds is 6. The van der Waals surface area contributed by atoms with E-state index in [1.807, 2.05) is 27.7 Å². The normalized spacial score (nSPS) is 19.6. The van der Waals surface area contributed by atoms with Gasteiger partial charge in [-0.25, -0.2) is 0 Å². The van der Waals surface area contributed by atoms with E-state index in [4.69, 9.17) is 18.8 Å². The summed E-state index contributed by atoms with van der Waals surface area (Å²) in [7, 11) is 2.41. The topological polar surface area (TPSA) is 74.2 Å². The van der Waals surface area contributed by atoms with E-state index >= 15 is 0 Å². The fourth-order valence-corrected chi connectivity index (χ4v) is 3.27. The molecule has 0 aliphatic carbocycles. The molecule has 0 spiro atoms. The molecule has 1 fully saturated rings. The summed E-state index contributed by atoms with van der Waals surface area (Å²) >= 11 is 3.43. The van der Waals surface area contributed by atoms with Crippen LogP contribution in [-0.4, -0.2) is 43.6 Å². The summed E-state index contributed by atoms with van der Waals surface area (Å²) in [6, 6.07) is 3.57. The van der Waals surface area contributed by atoms with Crippen LogP contribution < -0.4 is 9.47 Å². The van der Waals surface area contributed by atoms with E-state index in [0.29, 0.717) is 16.0 Å². The molecule has 0 saturated carbocycles. The highest BCUT2D eigenvalue weighted by atomic mass is 79.9. The third-order valence-electron chi connectivity index (χ3n) is 4.89. The van der Waals surface area contributed by atoms with Crippen LogP contribution in [0, 0.1) is 0 Å². The van der Waals surface area contributed by atoms with E-state index in [-0.39, 0.29) is 6.42 Å². The van der Waals surface area contributed by atoms with Crippen LogP contribution in [0.5, 0.6) is 11.5 Å². The Balaban J connectivity index is 2.47. The van der Waals surface area contributed by atoms with Gasteiger partial charge in [-0.3, -0.25) is 4.79 Å². The van der Waals surface area contributed by atoms with Gasteiger partial charge in [-0.1, -0.05) is 0 Å². The number of ether oxygens (including phenoxy) is 2. The van der Waals surface area contributed by atoms with Gasteiger partial charge >= 0.3 is 13.1 Å². The van der Waals surface area contributed by atoms with Gasteiger partial charge in [-0.2, -0.15) is 0 Å². The van der Waals surface area contributed by atoms with Crippen molar-refractivity contribution in [3.8, 4) is 11.5 Å². The first-order valence-corrected chi connectivity index (χ1v) is 8.80. The summed E-state index contributed by atoms with van der Waals surface area (Å²) in [5, 5.41) is 9.39. The van der Waals surface area contributed by atoms with Crippen molar-refractivity contribution in [2.45, 2.75) is 51.1 Å². The number of carboxylic acid groups (broad SMARTS) is 1. The summed E-state index contributed by atoms with van der Waals surface area (Å²) in [6.45, 7) is 7.75. The van der Waals surface area contributed by atoms with Crippen LogP contribution in [0.15, 0.2) is 16.6 Å². The fraction of sp³-hybridized carbons (Fsp3) is 0.588. The van der Waals surface area contributed by atoms with Crippen LogP contribution in [0.25, 0.3) is 0 Å². The van der Waals surface area contributed by atoms with Crippen molar-refractivity contribution >= 4 is 29.0 Å². The molecule has 0 amide bonds. The highest BCUT2D eigenvalue weighted by Crippen LogP contribution is 2.44. The molecule has 6 nitrogen and oxygen atoms in total. The van der Waals surface area contributed by atoms with E-state index in [9.17, 15) is 9.90 Å². The average Bonchev–Trinajstić information content (AvgIpc) is 2.73. The molecule has 138 valence electrons. The van der Waals surface area contributed by atoms with Crippen molar-refractivity contribution in [1.29, 1.82) is 0 Å². The predicted octanol–water partition coefficient (Wildman–Crippen LogP) is 3.66. The van der Waals surface area contributed by atoms with Crippen molar-refractivity contribution in [1.82, 2.24) is 0 Å². The summed E-state index contributed by atoms with van der Waals surface area (Å²) in [4.78, 5) is 11.5. The Morgan fingerprint density at radius 3 is 1.96 bits per heavy atom. The van der Waals surface area contributed by atoms with Gasteiger partial charge in [-0.05, 0) is 61.3 Å². The Kier molecular flexibility index (Phi) is 5.76. The molecule has 1 aliphatic rings. The van der Waals surface area contributed by atoms with E-state index in [1.54, 1.807) is 26.4 Å². The molecular formula is C17H24BBrO6. The van der Waals surface area contributed by atoms with Gasteiger partial charge in [0.05, 0.1) is 31.8 Å². The van der Waals surface area contributed by atoms with Crippen molar-refractivity contribution in [2.75, 3.05) is 14.2 Å². The Hall–Kier alpha value is -1.25. The highest BCUT2D eigenvalue weighted by molar-refractivity contribution is 9.10. The molecule has 1 heterocycles. The average molecular weight is 415 g/mol.